The second-order valence-electron chi connectivity index (χ2n) is 10.3. The molecule has 2 aromatic carbocycles. The molecule has 0 fully saturated rings. The van der Waals surface area contributed by atoms with Gasteiger partial charge in [-0.1, -0.05) is 22.0 Å². The van der Waals surface area contributed by atoms with Crippen molar-refractivity contribution >= 4 is 21.8 Å². The van der Waals surface area contributed by atoms with Crippen LogP contribution in [0, 0.1) is 6.92 Å². The number of hydrogen-bond donors (Lipinski definition) is 0. The minimum atomic E-state index is -4.61. The lowest BCUT2D eigenvalue weighted by Gasteiger charge is -2.39. The lowest BCUT2D eigenvalue weighted by Crippen LogP contribution is -2.41. The van der Waals surface area contributed by atoms with Crippen molar-refractivity contribution in [1.82, 2.24) is 24.2 Å². The fraction of sp³-hybridized carbons (Fsp3) is 0.345. The standard InChI is InChI=1S/C29H27BrF3N5O/c1-17-34-9-11-37(17)15-20-13-24-19(12-22(20)25-16-36(2)35-27(25)29(31,32)33)8-10-38(28(24)39)26-5-3-4-18-6-7-21(30)14-23(18)26/h6-7,9,11-14,16,26H,3-5,8,10,15H2,1-2H3. The van der Waals surface area contributed by atoms with Gasteiger partial charge in [0, 0.05) is 54.3 Å². The normalized spacial score (nSPS) is 17.3. The van der Waals surface area contributed by atoms with E-state index in [-0.39, 0.29) is 24.1 Å². The minimum Gasteiger partial charge on any atom is -0.331 e. The highest BCUT2D eigenvalue weighted by molar-refractivity contribution is 9.10. The van der Waals surface area contributed by atoms with Gasteiger partial charge < -0.3 is 9.47 Å². The average Bonchev–Trinajstić information content (AvgIpc) is 3.49. The molecule has 3 heterocycles. The number of benzene rings is 2. The summed E-state index contributed by atoms with van der Waals surface area (Å²) in [6.45, 7) is 2.64. The minimum absolute atomic E-state index is 0.0153. The van der Waals surface area contributed by atoms with Crippen LogP contribution in [0.2, 0.25) is 0 Å². The van der Waals surface area contributed by atoms with Gasteiger partial charge in [0.1, 0.15) is 5.82 Å². The Morgan fingerprint density at radius 3 is 2.64 bits per heavy atom. The third kappa shape index (κ3) is 4.68. The Morgan fingerprint density at radius 1 is 1.08 bits per heavy atom. The molecule has 0 saturated heterocycles. The number of amides is 1. The van der Waals surface area contributed by atoms with Crippen LogP contribution in [-0.4, -0.2) is 36.7 Å². The zero-order valence-corrected chi connectivity index (χ0v) is 23.2. The lowest BCUT2D eigenvalue weighted by atomic mass is 9.84. The van der Waals surface area contributed by atoms with E-state index in [1.807, 2.05) is 22.5 Å². The van der Waals surface area contributed by atoms with E-state index in [0.29, 0.717) is 29.7 Å². The summed E-state index contributed by atoms with van der Waals surface area (Å²) in [7, 11) is 1.48. The van der Waals surface area contributed by atoms with E-state index < -0.39 is 11.9 Å². The number of carbonyl (C=O) groups is 1. The van der Waals surface area contributed by atoms with E-state index in [0.717, 1.165) is 35.1 Å². The highest BCUT2D eigenvalue weighted by Crippen LogP contribution is 2.41. The van der Waals surface area contributed by atoms with Gasteiger partial charge in [0.05, 0.1) is 6.04 Å². The van der Waals surface area contributed by atoms with Gasteiger partial charge in [0.2, 0.25) is 0 Å². The number of fused-ring (bicyclic) bond motifs is 2. The van der Waals surface area contributed by atoms with Gasteiger partial charge in [0.15, 0.2) is 5.69 Å². The number of carbonyl (C=O) groups excluding carboxylic acids is 1. The third-order valence-corrected chi connectivity index (χ3v) is 8.35. The lowest BCUT2D eigenvalue weighted by molar-refractivity contribution is -0.141. The molecule has 1 aliphatic heterocycles. The maximum Gasteiger partial charge on any atom is 0.435 e. The van der Waals surface area contributed by atoms with Gasteiger partial charge in [0.25, 0.3) is 5.91 Å². The van der Waals surface area contributed by atoms with E-state index >= 15 is 0 Å². The van der Waals surface area contributed by atoms with Crippen molar-refractivity contribution in [2.24, 2.45) is 7.05 Å². The number of imidazole rings is 1. The first-order valence-electron chi connectivity index (χ1n) is 12.9. The summed E-state index contributed by atoms with van der Waals surface area (Å²) >= 11 is 3.58. The summed E-state index contributed by atoms with van der Waals surface area (Å²) in [4.78, 5) is 20.2. The van der Waals surface area contributed by atoms with Gasteiger partial charge in [-0.15, -0.1) is 0 Å². The number of nitrogens with zero attached hydrogens (tertiary/aromatic N) is 5. The van der Waals surface area contributed by atoms with Gasteiger partial charge >= 0.3 is 6.18 Å². The monoisotopic (exact) mass is 597 g/mol. The Hall–Kier alpha value is -3.40. The van der Waals surface area contributed by atoms with Crippen LogP contribution in [0.25, 0.3) is 11.1 Å². The number of halogens is 4. The highest BCUT2D eigenvalue weighted by Gasteiger charge is 2.39. The van der Waals surface area contributed by atoms with Crippen LogP contribution in [-0.2, 0) is 32.6 Å². The predicted molar refractivity (Wildman–Crippen MR) is 144 cm³/mol. The largest absolute Gasteiger partial charge is 0.435 e. The number of aryl methyl sites for hydroxylation is 3. The zero-order chi connectivity index (χ0) is 27.5. The molecule has 4 aromatic rings. The fourth-order valence-electron chi connectivity index (χ4n) is 5.99. The Bertz CT molecular complexity index is 1590. The van der Waals surface area contributed by atoms with E-state index in [9.17, 15) is 18.0 Å². The molecule has 202 valence electrons. The Labute approximate surface area is 232 Å². The molecule has 0 saturated carbocycles. The third-order valence-electron chi connectivity index (χ3n) is 7.86. The fourth-order valence-corrected chi connectivity index (χ4v) is 6.37. The molecule has 1 amide bonds. The summed E-state index contributed by atoms with van der Waals surface area (Å²) in [5.74, 6) is 0.657. The molecule has 1 atom stereocenters. The van der Waals surface area contributed by atoms with Crippen molar-refractivity contribution in [1.29, 1.82) is 0 Å². The van der Waals surface area contributed by atoms with Gasteiger partial charge in [-0.05, 0) is 84.7 Å². The van der Waals surface area contributed by atoms with Crippen LogP contribution in [0.5, 0.6) is 0 Å². The van der Waals surface area contributed by atoms with Crippen molar-refractivity contribution in [3.8, 4) is 11.1 Å². The van der Waals surface area contributed by atoms with E-state index in [1.165, 1.54) is 29.1 Å². The summed E-state index contributed by atoms with van der Waals surface area (Å²) in [6, 6.07) is 9.80. The van der Waals surface area contributed by atoms with Crippen molar-refractivity contribution in [2.45, 2.75) is 51.4 Å². The maximum absolute atomic E-state index is 14.0. The smallest absolute Gasteiger partial charge is 0.331 e. The Morgan fingerprint density at radius 2 is 1.90 bits per heavy atom. The highest BCUT2D eigenvalue weighted by atomic mass is 79.9. The van der Waals surface area contributed by atoms with Gasteiger partial charge in [-0.3, -0.25) is 9.48 Å². The van der Waals surface area contributed by atoms with Crippen LogP contribution in [0.4, 0.5) is 13.2 Å². The second-order valence-corrected chi connectivity index (χ2v) is 11.2. The summed E-state index contributed by atoms with van der Waals surface area (Å²) in [5, 5.41) is 3.74. The molecule has 6 rings (SSSR count). The van der Waals surface area contributed by atoms with Gasteiger partial charge in [-0.25, -0.2) is 4.98 Å². The molecular formula is C29H27BrF3N5O. The van der Waals surface area contributed by atoms with Crippen LogP contribution < -0.4 is 0 Å². The van der Waals surface area contributed by atoms with Crippen LogP contribution in [0.3, 0.4) is 0 Å². The number of aromatic nitrogens is 4. The molecule has 6 nitrogen and oxygen atoms in total. The molecule has 10 heteroatoms. The van der Waals surface area contributed by atoms with Crippen LogP contribution in [0.1, 0.15) is 63.0 Å². The first-order valence-corrected chi connectivity index (χ1v) is 13.7. The second kappa shape index (κ2) is 9.66. The molecule has 2 aliphatic rings. The molecule has 0 bridgehead atoms. The summed E-state index contributed by atoms with van der Waals surface area (Å²) in [5.41, 5.74) is 3.89. The molecule has 0 N–H and O–H groups in total. The number of hydrogen-bond acceptors (Lipinski definition) is 3. The van der Waals surface area contributed by atoms with Crippen molar-refractivity contribution in [2.75, 3.05) is 6.54 Å². The maximum atomic E-state index is 14.0. The van der Waals surface area contributed by atoms with Crippen molar-refractivity contribution in [3.05, 3.63) is 92.7 Å². The predicted octanol–water partition coefficient (Wildman–Crippen LogP) is 6.50. The summed E-state index contributed by atoms with van der Waals surface area (Å²) in [6.07, 6.45) is 3.69. The average molecular weight is 598 g/mol. The van der Waals surface area contributed by atoms with Crippen LogP contribution >= 0.6 is 15.9 Å². The molecule has 1 aliphatic carbocycles. The van der Waals surface area contributed by atoms with Crippen LogP contribution in [0.15, 0.2) is 53.4 Å². The number of rotatable bonds is 4. The van der Waals surface area contributed by atoms with Crippen molar-refractivity contribution < 1.29 is 18.0 Å². The SMILES string of the molecule is Cc1nccn1Cc1cc2c(cc1-c1cn(C)nc1C(F)(F)F)CCN(C1CCCc3ccc(Br)cc31)C2=O. The Balaban J connectivity index is 1.46. The van der Waals surface area contributed by atoms with E-state index in [2.05, 4.69) is 38.1 Å². The molecule has 1 unspecified atom stereocenters. The molecule has 0 spiro atoms. The van der Waals surface area contributed by atoms with E-state index in [4.69, 9.17) is 0 Å². The summed E-state index contributed by atoms with van der Waals surface area (Å²) < 4.78 is 46.0. The quantitative estimate of drug-likeness (QED) is 0.270. The molecule has 0 radical (unpaired) electrons. The van der Waals surface area contributed by atoms with Crippen molar-refractivity contribution in [3.63, 3.8) is 0 Å². The molecule has 2 aromatic heterocycles. The first-order chi connectivity index (χ1) is 18.6. The Kier molecular flexibility index (Phi) is 6.40. The first kappa shape index (κ1) is 25.9. The number of alkyl halides is 3. The molecule has 39 heavy (non-hydrogen) atoms. The molecular weight excluding hydrogens is 571 g/mol. The topological polar surface area (TPSA) is 56.0 Å². The van der Waals surface area contributed by atoms with E-state index in [1.54, 1.807) is 24.5 Å². The zero-order valence-electron chi connectivity index (χ0n) is 21.6. The van der Waals surface area contributed by atoms with Gasteiger partial charge in [-0.2, -0.15) is 18.3 Å².